The van der Waals surface area contributed by atoms with Crippen molar-refractivity contribution in [1.82, 2.24) is 10.7 Å². The number of hydrogen-bond acceptors (Lipinski definition) is 4. The van der Waals surface area contributed by atoms with Gasteiger partial charge in [0.1, 0.15) is 5.75 Å². The molecule has 2 amide bonds. The van der Waals surface area contributed by atoms with Crippen LogP contribution in [0.4, 0.5) is 0 Å². The van der Waals surface area contributed by atoms with Crippen LogP contribution in [0.15, 0.2) is 47.6 Å². The lowest BCUT2D eigenvalue weighted by Gasteiger charge is -2.06. The largest absolute Gasteiger partial charge is 0.497 e. The van der Waals surface area contributed by atoms with Crippen molar-refractivity contribution in [3.05, 3.63) is 63.6 Å². The van der Waals surface area contributed by atoms with Crippen LogP contribution in [0, 0.1) is 0 Å². The predicted octanol–water partition coefficient (Wildman–Crippen LogP) is 2.77. The summed E-state index contributed by atoms with van der Waals surface area (Å²) in [4.78, 5) is 23.5. The average Bonchev–Trinajstić information content (AvgIpc) is 2.60. The van der Waals surface area contributed by atoms with E-state index < -0.39 is 11.8 Å². The maximum atomic E-state index is 11.8. The minimum Gasteiger partial charge on any atom is -0.497 e. The van der Waals surface area contributed by atoms with E-state index in [0.29, 0.717) is 26.9 Å². The number of hydrazone groups is 1. The smallest absolute Gasteiger partial charge is 0.329 e. The monoisotopic (exact) mass is 379 g/mol. The molecule has 0 aliphatic heterocycles. The fourth-order valence-electron chi connectivity index (χ4n) is 1.86. The van der Waals surface area contributed by atoms with E-state index in [2.05, 4.69) is 15.8 Å². The SMILES string of the molecule is COc1cccc(C=NNC(=O)C(=O)NCc2ccc(Cl)cc2Cl)c1. The summed E-state index contributed by atoms with van der Waals surface area (Å²) >= 11 is 11.8. The Bertz CT molecular complexity index is 809. The van der Waals surface area contributed by atoms with E-state index in [1.807, 2.05) is 0 Å². The summed E-state index contributed by atoms with van der Waals surface area (Å²) in [5.41, 5.74) is 3.51. The Hall–Kier alpha value is -2.57. The van der Waals surface area contributed by atoms with E-state index in [0.717, 1.165) is 0 Å². The van der Waals surface area contributed by atoms with Crippen LogP contribution in [0.25, 0.3) is 0 Å². The third kappa shape index (κ3) is 5.77. The zero-order valence-electron chi connectivity index (χ0n) is 13.3. The van der Waals surface area contributed by atoms with Crippen LogP contribution in [-0.2, 0) is 16.1 Å². The van der Waals surface area contributed by atoms with Gasteiger partial charge in [0, 0.05) is 16.6 Å². The standard InChI is InChI=1S/C17H15Cl2N3O3/c1-25-14-4-2-3-11(7-14)9-21-22-17(24)16(23)20-10-12-5-6-13(18)8-15(12)19/h2-9H,10H2,1H3,(H,20,23)(H,22,24). The number of carbonyl (C=O) groups excluding carboxylic acids is 2. The molecule has 2 aromatic rings. The van der Waals surface area contributed by atoms with Crippen molar-refractivity contribution in [3.8, 4) is 5.75 Å². The molecule has 2 rings (SSSR count). The number of methoxy groups -OCH3 is 1. The summed E-state index contributed by atoms with van der Waals surface area (Å²) in [5, 5.41) is 7.09. The molecule has 0 fully saturated rings. The lowest BCUT2D eigenvalue weighted by Crippen LogP contribution is -2.37. The topological polar surface area (TPSA) is 79.8 Å². The molecule has 130 valence electrons. The lowest BCUT2D eigenvalue weighted by molar-refractivity contribution is -0.139. The van der Waals surface area contributed by atoms with E-state index in [9.17, 15) is 9.59 Å². The molecule has 0 radical (unpaired) electrons. The number of amides is 2. The maximum Gasteiger partial charge on any atom is 0.329 e. The normalized spacial score (nSPS) is 10.5. The van der Waals surface area contributed by atoms with Crippen LogP contribution < -0.4 is 15.5 Å². The van der Waals surface area contributed by atoms with Crippen molar-refractivity contribution >= 4 is 41.2 Å². The van der Waals surface area contributed by atoms with Gasteiger partial charge in [0.2, 0.25) is 0 Å². The third-order valence-electron chi connectivity index (χ3n) is 3.13. The molecule has 2 N–H and O–H groups in total. The summed E-state index contributed by atoms with van der Waals surface area (Å²) in [6, 6.07) is 12.0. The van der Waals surface area contributed by atoms with Crippen molar-refractivity contribution in [2.45, 2.75) is 6.54 Å². The summed E-state index contributed by atoms with van der Waals surface area (Å²) in [6.07, 6.45) is 1.41. The first-order valence-electron chi connectivity index (χ1n) is 7.19. The number of benzene rings is 2. The zero-order chi connectivity index (χ0) is 18.2. The van der Waals surface area contributed by atoms with Gasteiger partial charge < -0.3 is 10.1 Å². The highest BCUT2D eigenvalue weighted by Crippen LogP contribution is 2.20. The molecule has 6 nitrogen and oxygen atoms in total. The molecule has 0 saturated heterocycles. The van der Waals surface area contributed by atoms with E-state index in [1.165, 1.54) is 6.21 Å². The van der Waals surface area contributed by atoms with E-state index in [-0.39, 0.29) is 6.54 Å². The number of hydrogen-bond donors (Lipinski definition) is 2. The van der Waals surface area contributed by atoms with Crippen LogP contribution in [0.1, 0.15) is 11.1 Å². The first kappa shape index (κ1) is 18.8. The Morgan fingerprint density at radius 2 is 1.96 bits per heavy atom. The highest BCUT2D eigenvalue weighted by atomic mass is 35.5. The Balaban J connectivity index is 1.85. The van der Waals surface area contributed by atoms with Crippen LogP contribution >= 0.6 is 23.2 Å². The van der Waals surface area contributed by atoms with Gasteiger partial charge in [0.25, 0.3) is 0 Å². The van der Waals surface area contributed by atoms with Gasteiger partial charge in [-0.05, 0) is 35.4 Å². The number of rotatable bonds is 5. The Morgan fingerprint density at radius 3 is 2.68 bits per heavy atom. The molecule has 0 heterocycles. The summed E-state index contributed by atoms with van der Waals surface area (Å²) < 4.78 is 5.08. The van der Waals surface area contributed by atoms with Gasteiger partial charge >= 0.3 is 11.8 Å². The molecular formula is C17H15Cl2N3O3. The third-order valence-corrected chi connectivity index (χ3v) is 3.72. The average molecular weight is 380 g/mol. The second kappa shape index (κ2) is 9.05. The highest BCUT2D eigenvalue weighted by Gasteiger charge is 2.12. The second-order valence-electron chi connectivity index (χ2n) is 4.89. The fraction of sp³-hybridized carbons (Fsp3) is 0.118. The summed E-state index contributed by atoms with van der Waals surface area (Å²) in [5.74, 6) is -1.05. The first-order chi connectivity index (χ1) is 12.0. The highest BCUT2D eigenvalue weighted by molar-refractivity contribution is 6.36. The van der Waals surface area contributed by atoms with Gasteiger partial charge in [-0.25, -0.2) is 5.43 Å². The molecule has 25 heavy (non-hydrogen) atoms. The number of nitrogens with one attached hydrogen (secondary N) is 2. The van der Waals surface area contributed by atoms with Crippen LogP contribution in [0.2, 0.25) is 10.0 Å². The van der Waals surface area contributed by atoms with Gasteiger partial charge in [-0.3, -0.25) is 9.59 Å². The van der Waals surface area contributed by atoms with Gasteiger partial charge in [-0.15, -0.1) is 0 Å². The van der Waals surface area contributed by atoms with Crippen molar-refractivity contribution in [1.29, 1.82) is 0 Å². The number of halogens is 2. The van der Waals surface area contributed by atoms with Gasteiger partial charge in [0.05, 0.1) is 13.3 Å². The molecule has 2 aromatic carbocycles. The summed E-state index contributed by atoms with van der Waals surface area (Å²) in [7, 11) is 1.55. The maximum absolute atomic E-state index is 11.8. The molecular weight excluding hydrogens is 365 g/mol. The molecule has 0 aromatic heterocycles. The molecule has 0 bridgehead atoms. The Morgan fingerprint density at radius 1 is 1.16 bits per heavy atom. The van der Waals surface area contributed by atoms with Crippen molar-refractivity contribution < 1.29 is 14.3 Å². The van der Waals surface area contributed by atoms with Crippen LogP contribution in [0.5, 0.6) is 5.75 Å². The van der Waals surface area contributed by atoms with Crippen molar-refractivity contribution in [3.63, 3.8) is 0 Å². The number of nitrogens with zero attached hydrogens (tertiary/aromatic N) is 1. The second-order valence-corrected chi connectivity index (χ2v) is 5.74. The molecule has 0 aliphatic carbocycles. The Kier molecular flexibility index (Phi) is 6.80. The Labute approximate surface area is 154 Å². The van der Waals surface area contributed by atoms with Gasteiger partial charge in [-0.1, -0.05) is 41.4 Å². The molecule has 0 spiro atoms. The van der Waals surface area contributed by atoms with E-state index in [1.54, 1.807) is 49.6 Å². The molecule has 8 heteroatoms. The van der Waals surface area contributed by atoms with Crippen LogP contribution in [-0.4, -0.2) is 25.1 Å². The minimum atomic E-state index is -0.885. The fourth-order valence-corrected chi connectivity index (χ4v) is 2.33. The van der Waals surface area contributed by atoms with E-state index >= 15 is 0 Å². The van der Waals surface area contributed by atoms with Gasteiger partial charge in [-0.2, -0.15) is 5.10 Å². The van der Waals surface area contributed by atoms with Crippen LogP contribution in [0.3, 0.4) is 0 Å². The lowest BCUT2D eigenvalue weighted by atomic mass is 10.2. The number of ether oxygens (including phenoxy) is 1. The van der Waals surface area contributed by atoms with Gasteiger partial charge in [0.15, 0.2) is 0 Å². The first-order valence-corrected chi connectivity index (χ1v) is 7.94. The van der Waals surface area contributed by atoms with E-state index in [4.69, 9.17) is 27.9 Å². The molecule has 0 saturated carbocycles. The quantitative estimate of drug-likeness (QED) is 0.476. The van der Waals surface area contributed by atoms with Crippen molar-refractivity contribution in [2.24, 2.45) is 5.10 Å². The molecule has 0 unspecified atom stereocenters. The summed E-state index contributed by atoms with van der Waals surface area (Å²) in [6.45, 7) is 0.0991. The zero-order valence-corrected chi connectivity index (χ0v) is 14.8. The molecule has 0 atom stereocenters. The predicted molar refractivity (Wildman–Crippen MR) is 97.0 cm³/mol. The number of carbonyl (C=O) groups is 2. The van der Waals surface area contributed by atoms with Crippen molar-refractivity contribution in [2.75, 3.05) is 7.11 Å². The minimum absolute atomic E-state index is 0.0991. The molecule has 0 aliphatic rings.